The van der Waals surface area contributed by atoms with Crippen molar-refractivity contribution >= 4 is 16.9 Å². The molecule has 1 aromatic carbocycles. The first-order valence-electron chi connectivity index (χ1n) is 8.02. The highest BCUT2D eigenvalue weighted by molar-refractivity contribution is 5.97. The summed E-state index contributed by atoms with van der Waals surface area (Å²) in [7, 11) is 0. The molecule has 2 aromatic rings. The predicted octanol–water partition coefficient (Wildman–Crippen LogP) is 2.59. The van der Waals surface area contributed by atoms with Crippen molar-refractivity contribution in [3.63, 3.8) is 0 Å². The van der Waals surface area contributed by atoms with Crippen molar-refractivity contribution in [3.05, 3.63) is 30.1 Å². The molecule has 0 radical (unpaired) electrons. The van der Waals surface area contributed by atoms with Crippen LogP contribution in [-0.2, 0) is 4.74 Å². The first-order chi connectivity index (χ1) is 10.7. The lowest BCUT2D eigenvalue weighted by Crippen LogP contribution is -2.50. The van der Waals surface area contributed by atoms with Gasteiger partial charge in [0.1, 0.15) is 0 Å². The van der Waals surface area contributed by atoms with Gasteiger partial charge in [0.2, 0.25) is 0 Å². The van der Waals surface area contributed by atoms with Gasteiger partial charge < -0.3 is 14.6 Å². The minimum absolute atomic E-state index is 0.0960. The molecule has 0 aliphatic carbocycles. The summed E-state index contributed by atoms with van der Waals surface area (Å²) in [6, 6.07) is 5.65. The summed E-state index contributed by atoms with van der Waals surface area (Å²) < 4.78 is 6.06. The Bertz CT molecular complexity index is 707. The number of piperidine rings is 1. The lowest BCUT2D eigenvalue weighted by Gasteiger charge is -2.39. The van der Waals surface area contributed by atoms with Crippen LogP contribution < -0.4 is 0 Å². The van der Waals surface area contributed by atoms with Gasteiger partial charge in [-0.05, 0) is 43.4 Å². The Labute approximate surface area is 129 Å². The summed E-state index contributed by atoms with van der Waals surface area (Å²) in [5, 5.41) is 0. The Morgan fingerprint density at radius 1 is 1.50 bits per heavy atom. The number of hydrogen-bond acceptors (Lipinski definition) is 3. The van der Waals surface area contributed by atoms with Crippen LogP contribution in [0.4, 0.5) is 0 Å². The summed E-state index contributed by atoms with van der Waals surface area (Å²) in [6.07, 6.45) is 4.81. The van der Waals surface area contributed by atoms with Crippen LogP contribution in [-0.4, -0.2) is 46.1 Å². The second kappa shape index (κ2) is 5.09. The molecule has 1 N–H and O–H groups in total. The number of carbonyl (C=O) groups is 1. The highest BCUT2D eigenvalue weighted by atomic mass is 16.5. The fraction of sp³-hybridized carbons (Fsp3) is 0.529. The van der Waals surface area contributed by atoms with Gasteiger partial charge >= 0.3 is 0 Å². The molecule has 2 fully saturated rings. The fourth-order valence-corrected chi connectivity index (χ4v) is 3.88. The van der Waals surface area contributed by atoms with Crippen molar-refractivity contribution in [1.82, 2.24) is 14.9 Å². The van der Waals surface area contributed by atoms with E-state index in [0.29, 0.717) is 5.92 Å². The molecule has 0 bridgehead atoms. The van der Waals surface area contributed by atoms with Crippen LogP contribution in [0.25, 0.3) is 11.0 Å². The Morgan fingerprint density at radius 2 is 2.41 bits per heavy atom. The summed E-state index contributed by atoms with van der Waals surface area (Å²) in [5.74, 6) is 0.690. The maximum Gasteiger partial charge on any atom is 0.254 e. The monoisotopic (exact) mass is 299 g/mol. The molecule has 0 saturated carbocycles. The molecule has 2 aliphatic heterocycles. The zero-order valence-corrected chi connectivity index (χ0v) is 12.8. The first-order valence-corrected chi connectivity index (χ1v) is 8.02. The van der Waals surface area contributed by atoms with Crippen LogP contribution in [0, 0.1) is 5.92 Å². The van der Waals surface area contributed by atoms with E-state index in [0.717, 1.165) is 55.6 Å². The van der Waals surface area contributed by atoms with E-state index in [-0.39, 0.29) is 11.5 Å². The van der Waals surface area contributed by atoms with Gasteiger partial charge in [0.25, 0.3) is 5.91 Å². The highest BCUT2D eigenvalue weighted by Gasteiger charge is 2.43. The third-order valence-corrected chi connectivity index (χ3v) is 4.89. The van der Waals surface area contributed by atoms with Gasteiger partial charge in [-0.1, -0.05) is 6.92 Å². The number of benzene rings is 1. The molecule has 1 spiro atoms. The van der Waals surface area contributed by atoms with Crippen molar-refractivity contribution in [1.29, 1.82) is 0 Å². The van der Waals surface area contributed by atoms with E-state index in [2.05, 4.69) is 16.9 Å². The van der Waals surface area contributed by atoms with Crippen LogP contribution in [0.1, 0.15) is 36.5 Å². The van der Waals surface area contributed by atoms with Crippen LogP contribution in [0.15, 0.2) is 24.5 Å². The van der Waals surface area contributed by atoms with Gasteiger partial charge in [0.15, 0.2) is 0 Å². The van der Waals surface area contributed by atoms with Crippen molar-refractivity contribution in [2.75, 3.05) is 19.7 Å². The Balaban J connectivity index is 1.56. The average Bonchev–Trinajstić information content (AvgIpc) is 3.13. The minimum Gasteiger partial charge on any atom is -0.373 e. The highest BCUT2D eigenvalue weighted by Crippen LogP contribution is 2.37. The number of likely N-dealkylation sites (tertiary alicyclic amines) is 1. The molecule has 2 unspecified atom stereocenters. The van der Waals surface area contributed by atoms with E-state index < -0.39 is 0 Å². The van der Waals surface area contributed by atoms with E-state index in [1.807, 2.05) is 23.1 Å². The first kappa shape index (κ1) is 13.8. The molecular weight excluding hydrogens is 278 g/mol. The molecule has 116 valence electrons. The van der Waals surface area contributed by atoms with Crippen molar-refractivity contribution < 1.29 is 9.53 Å². The lowest BCUT2D eigenvalue weighted by atomic mass is 9.87. The second-order valence-electron chi connectivity index (χ2n) is 6.77. The number of imidazole rings is 1. The van der Waals surface area contributed by atoms with Crippen molar-refractivity contribution in [2.24, 2.45) is 5.92 Å². The van der Waals surface area contributed by atoms with Crippen molar-refractivity contribution in [3.8, 4) is 0 Å². The van der Waals surface area contributed by atoms with Crippen LogP contribution in [0.3, 0.4) is 0 Å². The molecule has 3 heterocycles. The van der Waals surface area contributed by atoms with Gasteiger partial charge in [0.05, 0.1) is 29.6 Å². The number of carbonyl (C=O) groups excluding carboxylic acids is 1. The SMILES string of the molecule is CC1COC2(CCCN(C(=O)c3ccc4nc[nH]c4c3)C2)C1. The Morgan fingerprint density at radius 3 is 3.23 bits per heavy atom. The maximum absolute atomic E-state index is 12.8. The van der Waals surface area contributed by atoms with E-state index in [4.69, 9.17) is 4.74 Å². The van der Waals surface area contributed by atoms with Gasteiger partial charge in [-0.25, -0.2) is 4.98 Å². The molecule has 5 heteroatoms. The Hall–Kier alpha value is -1.88. The normalized spacial score (nSPS) is 28.6. The maximum atomic E-state index is 12.8. The molecule has 2 saturated heterocycles. The average molecular weight is 299 g/mol. The van der Waals surface area contributed by atoms with E-state index in [9.17, 15) is 4.79 Å². The molecule has 1 amide bonds. The third kappa shape index (κ3) is 2.29. The predicted molar refractivity (Wildman–Crippen MR) is 83.7 cm³/mol. The number of hydrogen-bond donors (Lipinski definition) is 1. The molecule has 2 atom stereocenters. The van der Waals surface area contributed by atoms with Crippen LogP contribution in [0.5, 0.6) is 0 Å². The lowest BCUT2D eigenvalue weighted by molar-refractivity contribution is -0.0449. The fourth-order valence-electron chi connectivity index (χ4n) is 3.88. The van der Waals surface area contributed by atoms with Crippen LogP contribution >= 0.6 is 0 Å². The summed E-state index contributed by atoms with van der Waals surface area (Å²) in [6.45, 7) is 4.58. The zero-order valence-electron chi connectivity index (χ0n) is 12.8. The standard InChI is InChI=1S/C17H21N3O2/c1-12-8-17(22-9-12)5-2-6-20(10-17)16(21)13-3-4-14-15(7-13)19-11-18-14/h3-4,7,11-12H,2,5-6,8-10H2,1H3,(H,18,19). The molecule has 4 rings (SSSR count). The van der Waals surface area contributed by atoms with Gasteiger partial charge in [-0.15, -0.1) is 0 Å². The summed E-state index contributed by atoms with van der Waals surface area (Å²) in [5.41, 5.74) is 2.41. The number of aromatic nitrogens is 2. The number of rotatable bonds is 1. The van der Waals surface area contributed by atoms with Gasteiger partial charge in [0, 0.05) is 18.7 Å². The number of ether oxygens (including phenoxy) is 1. The molecule has 2 aliphatic rings. The largest absolute Gasteiger partial charge is 0.373 e. The summed E-state index contributed by atoms with van der Waals surface area (Å²) in [4.78, 5) is 22.0. The molecule has 5 nitrogen and oxygen atoms in total. The van der Waals surface area contributed by atoms with Crippen molar-refractivity contribution in [2.45, 2.75) is 31.8 Å². The number of nitrogens with one attached hydrogen (secondary N) is 1. The quantitative estimate of drug-likeness (QED) is 0.880. The van der Waals surface area contributed by atoms with E-state index in [1.165, 1.54) is 0 Å². The summed E-state index contributed by atoms with van der Waals surface area (Å²) >= 11 is 0. The molecule has 22 heavy (non-hydrogen) atoms. The molecular formula is C17H21N3O2. The number of fused-ring (bicyclic) bond motifs is 1. The topological polar surface area (TPSA) is 58.2 Å². The van der Waals surface area contributed by atoms with Gasteiger partial charge in [-0.2, -0.15) is 0 Å². The van der Waals surface area contributed by atoms with E-state index >= 15 is 0 Å². The van der Waals surface area contributed by atoms with E-state index in [1.54, 1.807) is 6.33 Å². The number of nitrogens with zero attached hydrogens (tertiary/aromatic N) is 2. The smallest absolute Gasteiger partial charge is 0.254 e. The third-order valence-electron chi connectivity index (χ3n) is 4.89. The Kier molecular flexibility index (Phi) is 3.18. The minimum atomic E-state index is -0.106. The zero-order chi connectivity index (χ0) is 15.2. The number of amides is 1. The second-order valence-corrected chi connectivity index (χ2v) is 6.77. The number of aromatic amines is 1. The van der Waals surface area contributed by atoms with Gasteiger partial charge in [-0.3, -0.25) is 4.79 Å². The van der Waals surface area contributed by atoms with Crippen LogP contribution in [0.2, 0.25) is 0 Å². The number of H-pyrrole nitrogens is 1. The molecule has 1 aromatic heterocycles.